The highest BCUT2D eigenvalue weighted by Crippen LogP contribution is 2.68. The van der Waals surface area contributed by atoms with Gasteiger partial charge in [0.15, 0.2) is 12.6 Å². The lowest BCUT2D eigenvalue weighted by Crippen LogP contribution is -2.60. The number of aliphatic hydroxyl groups excluding tert-OH is 9. The Morgan fingerprint density at radius 1 is 0.792 bits per heavy atom. The van der Waals surface area contributed by atoms with Gasteiger partial charge in [-0.25, -0.2) is 0 Å². The lowest BCUT2D eigenvalue weighted by Gasteiger charge is -2.59. The van der Waals surface area contributed by atoms with Gasteiger partial charge in [-0.3, -0.25) is 4.79 Å². The zero-order valence-corrected chi connectivity index (χ0v) is 31.7. The largest absolute Gasteiger partial charge is 0.394 e. The molecule has 0 radical (unpaired) electrons. The molecule has 2 saturated heterocycles. The summed E-state index contributed by atoms with van der Waals surface area (Å²) in [6.45, 7) is 9.47. The van der Waals surface area contributed by atoms with Gasteiger partial charge in [0.05, 0.1) is 31.5 Å². The van der Waals surface area contributed by atoms with Gasteiger partial charge in [-0.2, -0.15) is 0 Å². The van der Waals surface area contributed by atoms with Crippen molar-refractivity contribution in [2.75, 3.05) is 13.2 Å². The Hall–Kier alpha value is -1.11. The summed E-state index contributed by atoms with van der Waals surface area (Å²) >= 11 is 0. The Balaban J connectivity index is 1.25. The lowest BCUT2D eigenvalue weighted by molar-refractivity contribution is -0.315. The molecule has 2 heterocycles. The van der Waals surface area contributed by atoms with Gasteiger partial charge in [0.25, 0.3) is 0 Å². The van der Waals surface area contributed by atoms with E-state index in [0.717, 1.165) is 24.8 Å². The number of aliphatic hydroxyl groups is 9. The minimum absolute atomic E-state index is 0.0171. The Kier molecular flexibility index (Phi) is 12.6. The van der Waals surface area contributed by atoms with Crippen LogP contribution in [0.1, 0.15) is 86.0 Å². The van der Waals surface area contributed by atoms with E-state index in [4.69, 9.17) is 18.9 Å². The fraction of sp³-hybridized carbons (Fsp3) is 0.923. The third-order valence-corrected chi connectivity index (χ3v) is 14.3. The number of carbonyl (C=O) groups excluding carboxylic acids is 1. The van der Waals surface area contributed by atoms with E-state index in [1.807, 2.05) is 19.9 Å². The molecule has 5 fully saturated rings. The van der Waals surface area contributed by atoms with Gasteiger partial charge in [0, 0.05) is 12.8 Å². The quantitative estimate of drug-likeness (QED) is 0.128. The lowest BCUT2D eigenvalue weighted by atomic mass is 9.46. The Morgan fingerprint density at radius 2 is 1.38 bits per heavy atom. The van der Waals surface area contributed by atoms with Gasteiger partial charge >= 0.3 is 0 Å². The highest BCUT2D eigenvalue weighted by molar-refractivity contribution is 5.78. The number of ether oxygens (including phenoxy) is 4. The Bertz CT molecular complexity index is 1310. The first kappa shape index (κ1) is 41.5. The van der Waals surface area contributed by atoms with E-state index in [0.29, 0.717) is 32.1 Å². The monoisotopic (exact) mass is 756 g/mol. The van der Waals surface area contributed by atoms with Crippen molar-refractivity contribution in [1.82, 2.24) is 0 Å². The van der Waals surface area contributed by atoms with E-state index in [1.54, 1.807) is 0 Å². The Morgan fingerprint density at radius 3 is 1.94 bits per heavy atom. The summed E-state index contributed by atoms with van der Waals surface area (Å²) in [7, 11) is 0. The van der Waals surface area contributed by atoms with Gasteiger partial charge in [0.2, 0.25) is 0 Å². The predicted octanol–water partition coefficient (Wildman–Crippen LogP) is 0.158. The molecule has 0 amide bonds. The highest BCUT2D eigenvalue weighted by atomic mass is 16.7. The van der Waals surface area contributed by atoms with Crippen LogP contribution in [0.25, 0.3) is 0 Å². The van der Waals surface area contributed by atoms with Gasteiger partial charge in [0.1, 0.15) is 54.6 Å². The van der Waals surface area contributed by atoms with Crippen molar-refractivity contribution in [2.45, 2.75) is 166 Å². The summed E-state index contributed by atoms with van der Waals surface area (Å²) in [4.78, 5) is 13.2. The average Bonchev–Trinajstić information content (AvgIpc) is 3.40. The number of hydrogen-bond acceptors (Lipinski definition) is 14. The van der Waals surface area contributed by atoms with Crippen LogP contribution < -0.4 is 0 Å². The summed E-state index contributed by atoms with van der Waals surface area (Å²) < 4.78 is 24.2. The molecular formula is C39H64O14. The fourth-order valence-corrected chi connectivity index (χ4v) is 11.7. The van der Waals surface area contributed by atoms with E-state index in [1.165, 1.54) is 0 Å². The van der Waals surface area contributed by atoms with E-state index in [-0.39, 0.29) is 58.2 Å². The number of fused-ring (bicyclic) bond motifs is 5. The number of ketones is 1. The minimum Gasteiger partial charge on any atom is -0.394 e. The molecular weight excluding hydrogens is 692 g/mol. The molecule has 2 aliphatic heterocycles. The number of rotatable bonds is 11. The van der Waals surface area contributed by atoms with Crippen LogP contribution in [0.5, 0.6) is 0 Å². The van der Waals surface area contributed by atoms with Crippen LogP contribution in [-0.4, -0.2) is 145 Å². The molecule has 0 spiro atoms. The van der Waals surface area contributed by atoms with Gasteiger partial charge in [-0.15, -0.1) is 0 Å². The maximum atomic E-state index is 13.2. The van der Waals surface area contributed by atoms with Crippen LogP contribution in [0.4, 0.5) is 0 Å². The van der Waals surface area contributed by atoms with Crippen molar-refractivity contribution in [3.63, 3.8) is 0 Å². The first-order valence-corrected chi connectivity index (χ1v) is 19.8. The zero-order chi connectivity index (χ0) is 38.7. The minimum atomic E-state index is -1.58. The van der Waals surface area contributed by atoms with Crippen molar-refractivity contribution in [2.24, 2.45) is 46.3 Å². The van der Waals surface area contributed by atoms with Crippen LogP contribution in [0, 0.1) is 46.3 Å². The average molecular weight is 757 g/mol. The van der Waals surface area contributed by atoms with Crippen molar-refractivity contribution in [3.8, 4) is 0 Å². The smallest absolute Gasteiger partial charge is 0.186 e. The van der Waals surface area contributed by atoms with Crippen molar-refractivity contribution < 1.29 is 69.7 Å². The normalized spacial score (nSPS) is 50.5. The third kappa shape index (κ3) is 7.55. The van der Waals surface area contributed by atoms with Crippen molar-refractivity contribution in [3.05, 3.63) is 11.6 Å². The van der Waals surface area contributed by atoms with E-state index >= 15 is 0 Å². The SMILES string of the molecule is CC(C)CC(=O)C[C@@H](C)[C@H]1[C@@H](O[C@@H]2O[C@H](CO)[C@@H](O)[C@H](O)[C@H]2O)C[C@H]2[C@@H]3[C@@H](O)C=C4C[C@@H](O[C@@H]5O[C@H](CO)[C@@H](O)[C@H](O)[C@H]5O)CC[C@]4(C)[C@H]3CC[C@]12C. The summed E-state index contributed by atoms with van der Waals surface area (Å²) in [5.41, 5.74) is 0.459. The number of carbonyl (C=O) groups is 1. The molecule has 6 rings (SSSR count). The molecule has 14 nitrogen and oxygen atoms in total. The van der Waals surface area contributed by atoms with E-state index < -0.39 is 86.8 Å². The van der Waals surface area contributed by atoms with Gasteiger partial charge in [-0.1, -0.05) is 46.3 Å². The molecule has 304 valence electrons. The molecule has 3 saturated carbocycles. The number of hydrogen-bond donors (Lipinski definition) is 9. The second kappa shape index (κ2) is 16.0. The molecule has 0 bridgehead atoms. The summed E-state index contributed by atoms with van der Waals surface area (Å²) in [6.07, 6.45) is -8.76. The maximum absolute atomic E-state index is 13.2. The van der Waals surface area contributed by atoms with Gasteiger partial charge in [-0.05, 0) is 84.9 Å². The maximum Gasteiger partial charge on any atom is 0.186 e. The highest BCUT2D eigenvalue weighted by Gasteiger charge is 2.65. The van der Waals surface area contributed by atoms with Crippen LogP contribution in [-0.2, 0) is 23.7 Å². The van der Waals surface area contributed by atoms with Crippen LogP contribution >= 0.6 is 0 Å². The molecule has 0 unspecified atom stereocenters. The van der Waals surface area contributed by atoms with Gasteiger partial charge < -0.3 is 64.9 Å². The molecule has 20 atom stereocenters. The van der Waals surface area contributed by atoms with Crippen LogP contribution in [0.2, 0.25) is 0 Å². The van der Waals surface area contributed by atoms with Crippen LogP contribution in [0.3, 0.4) is 0 Å². The second-order valence-electron chi connectivity index (χ2n) is 18.1. The molecule has 4 aliphatic carbocycles. The molecule has 0 aromatic rings. The van der Waals surface area contributed by atoms with Crippen LogP contribution in [0.15, 0.2) is 11.6 Å². The first-order valence-electron chi connectivity index (χ1n) is 19.8. The summed E-state index contributed by atoms with van der Waals surface area (Å²) in [6, 6.07) is 0. The Labute approximate surface area is 312 Å². The first-order chi connectivity index (χ1) is 24.9. The van der Waals surface area contributed by atoms with Crippen molar-refractivity contribution in [1.29, 1.82) is 0 Å². The molecule has 0 aromatic heterocycles. The predicted molar refractivity (Wildman–Crippen MR) is 187 cm³/mol. The third-order valence-electron chi connectivity index (χ3n) is 14.3. The zero-order valence-electron chi connectivity index (χ0n) is 31.7. The topological polar surface area (TPSA) is 236 Å². The van der Waals surface area contributed by atoms with E-state index in [9.17, 15) is 50.8 Å². The van der Waals surface area contributed by atoms with Crippen molar-refractivity contribution >= 4 is 5.78 Å². The standard InChI is InChI=1S/C39H64O14/c1-17(2)10-20(42)11-18(3)29-25(51-37-35(49)33(47)31(45)27(16-41)53-37)14-23-28-22(7-9-39(23,29)5)38(4)8-6-21(12-19(38)13-24(28)43)50-36-34(48)32(46)30(44)26(15-40)52-36/h13,17-18,21-37,40-41,43-49H,6-12,14-16H2,1-5H3/t18-,21+,22+,23+,24+,25+,26-,27-,28-,29+,30-,31-,32+,33+,34-,35-,36-,37-,38+,39+/m1/s1. The number of Topliss-reactive ketones (excluding diaryl/α,β-unsaturated/α-hetero) is 1. The molecule has 0 aromatic carbocycles. The molecule has 9 N–H and O–H groups in total. The fourth-order valence-electron chi connectivity index (χ4n) is 11.7. The summed E-state index contributed by atoms with van der Waals surface area (Å²) in [5.74, 6) is 0.111. The van der Waals surface area contributed by atoms with E-state index in [2.05, 4.69) is 20.8 Å². The summed E-state index contributed by atoms with van der Waals surface area (Å²) in [5, 5.41) is 94.5. The molecule has 53 heavy (non-hydrogen) atoms. The molecule has 6 aliphatic rings. The second-order valence-corrected chi connectivity index (χ2v) is 18.1. The molecule has 14 heteroatoms.